The Labute approximate surface area is 135 Å². The molecule has 2 rings (SSSR count). The van der Waals surface area contributed by atoms with E-state index in [2.05, 4.69) is 10.3 Å². The van der Waals surface area contributed by atoms with Gasteiger partial charge >= 0.3 is 12.0 Å². The van der Waals surface area contributed by atoms with Crippen molar-refractivity contribution in [3.63, 3.8) is 0 Å². The molecule has 0 unspecified atom stereocenters. The molecule has 0 bridgehead atoms. The standard InChI is InChI=1S/C16H23N3O4/c1-11(2)23-14-9-12(3-6-17-14)10-18-16(22)19-7-4-13(5-8-19)15(20)21/h3,6,9,11,13H,4-5,7-8,10H2,1-2H3,(H,18,22)(H,20,21). The lowest BCUT2D eigenvalue weighted by atomic mass is 9.97. The molecule has 0 aromatic carbocycles. The number of carbonyl (C=O) groups excluding carboxylic acids is 1. The van der Waals surface area contributed by atoms with E-state index < -0.39 is 5.97 Å². The monoisotopic (exact) mass is 321 g/mol. The maximum atomic E-state index is 12.1. The molecule has 0 atom stereocenters. The van der Waals surface area contributed by atoms with Gasteiger partial charge in [-0.15, -0.1) is 0 Å². The number of amides is 2. The Morgan fingerprint density at radius 2 is 2.13 bits per heavy atom. The molecule has 23 heavy (non-hydrogen) atoms. The number of carboxylic acids is 1. The second kappa shape index (κ2) is 7.80. The fourth-order valence-electron chi connectivity index (χ4n) is 2.49. The summed E-state index contributed by atoms with van der Waals surface area (Å²) in [4.78, 5) is 28.8. The topological polar surface area (TPSA) is 91.8 Å². The summed E-state index contributed by atoms with van der Waals surface area (Å²) in [5, 5.41) is 11.8. The average molecular weight is 321 g/mol. The Hall–Kier alpha value is -2.31. The third kappa shape index (κ3) is 5.12. The van der Waals surface area contributed by atoms with Gasteiger partial charge in [0.2, 0.25) is 5.88 Å². The number of nitrogens with zero attached hydrogens (tertiary/aromatic N) is 2. The van der Waals surface area contributed by atoms with Gasteiger partial charge in [-0.25, -0.2) is 9.78 Å². The number of hydrogen-bond donors (Lipinski definition) is 2. The first kappa shape index (κ1) is 17.1. The fourth-order valence-corrected chi connectivity index (χ4v) is 2.49. The minimum absolute atomic E-state index is 0.0443. The van der Waals surface area contributed by atoms with E-state index in [0.29, 0.717) is 38.4 Å². The number of likely N-dealkylation sites (tertiary alicyclic amines) is 1. The van der Waals surface area contributed by atoms with Crippen LogP contribution >= 0.6 is 0 Å². The number of piperidine rings is 1. The van der Waals surface area contributed by atoms with Crippen LogP contribution in [-0.4, -0.2) is 46.2 Å². The van der Waals surface area contributed by atoms with Crippen LogP contribution in [0.3, 0.4) is 0 Å². The highest BCUT2D eigenvalue weighted by Gasteiger charge is 2.26. The molecule has 126 valence electrons. The van der Waals surface area contributed by atoms with Crippen molar-refractivity contribution in [3.8, 4) is 5.88 Å². The molecule has 7 nitrogen and oxygen atoms in total. The molecular formula is C16H23N3O4. The van der Waals surface area contributed by atoms with Gasteiger partial charge in [-0.2, -0.15) is 0 Å². The van der Waals surface area contributed by atoms with E-state index in [1.807, 2.05) is 19.9 Å². The molecule has 1 aromatic rings. The molecule has 0 spiro atoms. The number of nitrogens with one attached hydrogen (secondary N) is 1. The molecule has 0 radical (unpaired) electrons. The number of ether oxygens (including phenoxy) is 1. The summed E-state index contributed by atoms with van der Waals surface area (Å²) in [6, 6.07) is 3.46. The lowest BCUT2D eigenvalue weighted by Crippen LogP contribution is -2.45. The summed E-state index contributed by atoms with van der Waals surface area (Å²) in [5.41, 5.74) is 0.907. The van der Waals surface area contributed by atoms with Crippen molar-refractivity contribution in [2.75, 3.05) is 13.1 Å². The summed E-state index contributed by atoms with van der Waals surface area (Å²) in [6.07, 6.45) is 2.70. The van der Waals surface area contributed by atoms with E-state index >= 15 is 0 Å². The van der Waals surface area contributed by atoms with Crippen molar-refractivity contribution in [2.24, 2.45) is 5.92 Å². The third-order valence-electron chi connectivity index (χ3n) is 3.73. The first-order valence-corrected chi connectivity index (χ1v) is 7.83. The average Bonchev–Trinajstić information content (AvgIpc) is 2.52. The third-order valence-corrected chi connectivity index (χ3v) is 3.73. The largest absolute Gasteiger partial charge is 0.481 e. The first-order valence-electron chi connectivity index (χ1n) is 7.83. The molecule has 1 aliphatic heterocycles. The molecule has 2 heterocycles. The molecule has 2 N–H and O–H groups in total. The van der Waals surface area contributed by atoms with Crippen LogP contribution in [-0.2, 0) is 11.3 Å². The summed E-state index contributed by atoms with van der Waals surface area (Å²) >= 11 is 0. The molecule has 1 fully saturated rings. The van der Waals surface area contributed by atoms with Crippen molar-refractivity contribution in [1.82, 2.24) is 15.2 Å². The van der Waals surface area contributed by atoms with Gasteiger partial charge in [0.25, 0.3) is 0 Å². The Morgan fingerprint density at radius 3 is 2.74 bits per heavy atom. The molecule has 1 aromatic heterocycles. The van der Waals surface area contributed by atoms with E-state index in [4.69, 9.17) is 9.84 Å². The molecule has 0 aliphatic carbocycles. The van der Waals surface area contributed by atoms with Crippen LogP contribution in [0.5, 0.6) is 5.88 Å². The van der Waals surface area contributed by atoms with Crippen molar-refractivity contribution < 1.29 is 19.4 Å². The van der Waals surface area contributed by atoms with Crippen LogP contribution < -0.4 is 10.1 Å². The number of carboxylic acid groups (broad SMARTS) is 1. The number of urea groups is 1. The fraction of sp³-hybridized carbons (Fsp3) is 0.562. The zero-order chi connectivity index (χ0) is 16.8. The number of hydrogen-bond acceptors (Lipinski definition) is 4. The molecule has 2 amide bonds. The van der Waals surface area contributed by atoms with Crippen LogP contribution in [0.4, 0.5) is 4.79 Å². The molecule has 0 saturated carbocycles. The van der Waals surface area contributed by atoms with E-state index in [1.54, 1.807) is 17.2 Å². The van der Waals surface area contributed by atoms with Crippen molar-refractivity contribution >= 4 is 12.0 Å². The van der Waals surface area contributed by atoms with E-state index in [9.17, 15) is 9.59 Å². The lowest BCUT2D eigenvalue weighted by Gasteiger charge is -2.30. The van der Waals surface area contributed by atoms with Gasteiger partial charge in [0.1, 0.15) is 0 Å². The van der Waals surface area contributed by atoms with Gasteiger partial charge in [-0.3, -0.25) is 4.79 Å². The number of rotatable bonds is 5. The predicted molar refractivity (Wildman–Crippen MR) is 84.2 cm³/mol. The van der Waals surface area contributed by atoms with E-state index in [0.717, 1.165) is 5.56 Å². The molecule has 1 saturated heterocycles. The van der Waals surface area contributed by atoms with Crippen molar-refractivity contribution in [3.05, 3.63) is 23.9 Å². The van der Waals surface area contributed by atoms with Gasteiger partial charge in [0.05, 0.1) is 12.0 Å². The summed E-state index contributed by atoms with van der Waals surface area (Å²) in [6.45, 7) is 5.18. The second-order valence-electron chi connectivity index (χ2n) is 5.93. The summed E-state index contributed by atoms with van der Waals surface area (Å²) in [7, 11) is 0. The Morgan fingerprint density at radius 1 is 1.43 bits per heavy atom. The van der Waals surface area contributed by atoms with E-state index in [-0.39, 0.29) is 18.1 Å². The van der Waals surface area contributed by atoms with Gasteiger partial charge in [-0.1, -0.05) is 0 Å². The Bertz CT molecular complexity index is 554. The highest BCUT2D eigenvalue weighted by atomic mass is 16.5. The molecule has 7 heteroatoms. The highest BCUT2D eigenvalue weighted by molar-refractivity contribution is 5.75. The zero-order valence-corrected chi connectivity index (χ0v) is 13.5. The predicted octanol–water partition coefficient (Wildman–Crippen LogP) is 1.88. The highest BCUT2D eigenvalue weighted by Crippen LogP contribution is 2.17. The Balaban J connectivity index is 1.82. The van der Waals surface area contributed by atoms with Crippen LogP contribution in [0.2, 0.25) is 0 Å². The van der Waals surface area contributed by atoms with Gasteiger partial charge in [0.15, 0.2) is 0 Å². The minimum atomic E-state index is -0.778. The molecule has 1 aliphatic rings. The summed E-state index contributed by atoms with van der Waals surface area (Å²) in [5.74, 6) is -0.580. The van der Waals surface area contributed by atoms with Gasteiger partial charge in [0, 0.05) is 31.9 Å². The smallest absolute Gasteiger partial charge is 0.317 e. The maximum Gasteiger partial charge on any atom is 0.317 e. The van der Waals surface area contributed by atoms with Gasteiger partial charge in [-0.05, 0) is 38.3 Å². The van der Waals surface area contributed by atoms with E-state index in [1.165, 1.54) is 0 Å². The van der Waals surface area contributed by atoms with Crippen LogP contribution in [0.25, 0.3) is 0 Å². The number of carbonyl (C=O) groups is 2. The van der Waals surface area contributed by atoms with Gasteiger partial charge < -0.3 is 20.1 Å². The first-order chi connectivity index (χ1) is 11.0. The number of aromatic nitrogens is 1. The van der Waals surface area contributed by atoms with Crippen LogP contribution in [0, 0.1) is 5.92 Å². The van der Waals surface area contributed by atoms with Crippen LogP contribution in [0.1, 0.15) is 32.3 Å². The van der Waals surface area contributed by atoms with Crippen LogP contribution in [0.15, 0.2) is 18.3 Å². The minimum Gasteiger partial charge on any atom is -0.481 e. The quantitative estimate of drug-likeness (QED) is 0.864. The Kier molecular flexibility index (Phi) is 5.78. The SMILES string of the molecule is CC(C)Oc1cc(CNC(=O)N2CCC(C(=O)O)CC2)ccn1. The zero-order valence-electron chi connectivity index (χ0n) is 13.5. The number of pyridine rings is 1. The number of aliphatic carboxylic acids is 1. The maximum absolute atomic E-state index is 12.1. The van der Waals surface area contributed by atoms with Crippen molar-refractivity contribution in [1.29, 1.82) is 0 Å². The molecular weight excluding hydrogens is 298 g/mol. The van der Waals surface area contributed by atoms with Crippen molar-refractivity contribution in [2.45, 2.75) is 39.3 Å². The normalized spacial score (nSPS) is 15.5. The summed E-state index contributed by atoms with van der Waals surface area (Å²) < 4.78 is 5.52. The second-order valence-corrected chi connectivity index (χ2v) is 5.93. The lowest BCUT2D eigenvalue weighted by molar-refractivity contribution is -0.143.